The molecule has 0 radical (unpaired) electrons. The first-order valence-electron chi connectivity index (χ1n) is 7.96. The van der Waals surface area contributed by atoms with Gasteiger partial charge >= 0.3 is 0 Å². The summed E-state index contributed by atoms with van der Waals surface area (Å²) in [5.41, 5.74) is 2.79. The Hall–Kier alpha value is -2.27. The number of benzene rings is 1. The van der Waals surface area contributed by atoms with E-state index in [0.717, 1.165) is 48.4 Å². The zero-order chi connectivity index (χ0) is 15.6. The van der Waals surface area contributed by atoms with E-state index in [4.69, 9.17) is 9.72 Å². The molecular formula is C18H18FN3O. The number of ether oxygens (including phenoxy) is 1. The molecule has 4 rings (SSSR count). The summed E-state index contributed by atoms with van der Waals surface area (Å²) in [6.07, 6.45) is 4.99. The van der Waals surface area contributed by atoms with Crippen LogP contribution in [0.4, 0.5) is 4.39 Å². The normalized spacial score (nSPS) is 17.9. The van der Waals surface area contributed by atoms with Crippen molar-refractivity contribution in [3.63, 3.8) is 0 Å². The van der Waals surface area contributed by atoms with Crippen LogP contribution in [0.3, 0.4) is 0 Å². The summed E-state index contributed by atoms with van der Waals surface area (Å²) >= 11 is 0. The van der Waals surface area contributed by atoms with Crippen molar-refractivity contribution < 1.29 is 9.13 Å². The third kappa shape index (κ3) is 2.97. The number of halogens is 1. The van der Waals surface area contributed by atoms with Gasteiger partial charge in [0, 0.05) is 19.2 Å². The molecule has 0 bridgehead atoms. The van der Waals surface area contributed by atoms with Crippen LogP contribution in [0.25, 0.3) is 11.2 Å². The van der Waals surface area contributed by atoms with E-state index in [1.165, 1.54) is 12.1 Å². The third-order valence-electron chi connectivity index (χ3n) is 4.27. The standard InChI is InChI=1S/C18H18FN3O/c19-14-7-5-13(6-8-14)12-22-17(11-15-3-2-10-23-15)21-16-4-1-9-20-18(16)22/h1,4-9,15H,2-3,10-12H2. The topological polar surface area (TPSA) is 39.9 Å². The minimum Gasteiger partial charge on any atom is -0.378 e. The average molecular weight is 311 g/mol. The maximum absolute atomic E-state index is 13.1. The molecule has 1 aliphatic rings. The molecule has 0 N–H and O–H groups in total. The van der Waals surface area contributed by atoms with Gasteiger partial charge in [0.25, 0.3) is 0 Å². The number of fused-ring (bicyclic) bond motifs is 1. The molecule has 0 amide bonds. The third-order valence-corrected chi connectivity index (χ3v) is 4.27. The second-order valence-electron chi connectivity index (χ2n) is 5.93. The SMILES string of the molecule is Fc1ccc(Cn2c(CC3CCCO3)nc3cccnc32)cc1. The number of rotatable bonds is 4. The highest BCUT2D eigenvalue weighted by atomic mass is 19.1. The van der Waals surface area contributed by atoms with Crippen LogP contribution in [0, 0.1) is 5.82 Å². The molecule has 3 aromatic rings. The van der Waals surface area contributed by atoms with Crippen LogP contribution in [-0.4, -0.2) is 27.2 Å². The second-order valence-corrected chi connectivity index (χ2v) is 5.93. The predicted octanol–water partition coefficient (Wildman–Crippen LogP) is 3.34. The zero-order valence-electron chi connectivity index (χ0n) is 12.8. The van der Waals surface area contributed by atoms with Crippen molar-refractivity contribution in [1.82, 2.24) is 14.5 Å². The van der Waals surface area contributed by atoms with Crippen LogP contribution < -0.4 is 0 Å². The van der Waals surface area contributed by atoms with Gasteiger partial charge in [0.2, 0.25) is 0 Å². The zero-order valence-corrected chi connectivity index (χ0v) is 12.8. The van der Waals surface area contributed by atoms with Gasteiger partial charge in [0.15, 0.2) is 5.65 Å². The van der Waals surface area contributed by atoms with Crippen molar-refractivity contribution in [2.75, 3.05) is 6.61 Å². The maximum Gasteiger partial charge on any atom is 0.160 e. The molecule has 1 aromatic carbocycles. The summed E-state index contributed by atoms with van der Waals surface area (Å²) in [6, 6.07) is 10.5. The van der Waals surface area contributed by atoms with Crippen LogP contribution in [0.5, 0.6) is 0 Å². The van der Waals surface area contributed by atoms with Gasteiger partial charge in [-0.15, -0.1) is 0 Å². The molecule has 0 spiro atoms. The van der Waals surface area contributed by atoms with Gasteiger partial charge in [-0.3, -0.25) is 0 Å². The predicted molar refractivity (Wildman–Crippen MR) is 85.7 cm³/mol. The minimum atomic E-state index is -0.220. The molecule has 1 atom stereocenters. The second kappa shape index (κ2) is 6.08. The lowest BCUT2D eigenvalue weighted by Crippen LogP contribution is -2.14. The monoisotopic (exact) mass is 311 g/mol. The van der Waals surface area contributed by atoms with E-state index in [0.29, 0.717) is 6.54 Å². The molecule has 23 heavy (non-hydrogen) atoms. The summed E-state index contributed by atoms with van der Waals surface area (Å²) in [6.45, 7) is 1.47. The van der Waals surface area contributed by atoms with Crippen LogP contribution in [-0.2, 0) is 17.7 Å². The molecule has 1 saturated heterocycles. The lowest BCUT2D eigenvalue weighted by molar-refractivity contribution is 0.109. The molecule has 1 aliphatic heterocycles. The number of pyridine rings is 1. The van der Waals surface area contributed by atoms with Gasteiger partial charge in [0.05, 0.1) is 12.6 Å². The molecule has 5 heteroatoms. The van der Waals surface area contributed by atoms with E-state index in [1.807, 2.05) is 12.1 Å². The van der Waals surface area contributed by atoms with Crippen molar-refractivity contribution in [1.29, 1.82) is 0 Å². The van der Waals surface area contributed by atoms with Gasteiger partial charge in [-0.25, -0.2) is 14.4 Å². The maximum atomic E-state index is 13.1. The Morgan fingerprint density at radius 3 is 2.87 bits per heavy atom. The van der Waals surface area contributed by atoms with Crippen molar-refractivity contribution in [3.05, 3.63) is 59.8 Å². The highest BCUT2D eigenvalue weighted by Crippen LogP contribution is 2.21. The van der Waals surface area contributed by atoms with Gasteiger partial charge in [-0.2, -0.15) is 0 Å². The smallest absolute Gasteiger partial charge is 0.160 e. The molecule has 118 valence electrons. The highest BCUT2D eigenvalue weighted by Gasteiger charge is 2.20. The molecule has 1 unspecified atom stereocenters. The summed E-state index contributed by atoms with van der Waals surface area (Å²) in [5.74, 6) is 0.761. The number of nitrogens with zero attached hydrogens (tertiary/aromatic N) is 3. The van der Waals surface area contributed by atoms with E-state index in [2.05, 4.69) is 9.55 Å². The Balaban J connectivity index is 1.71. The largest absolute Gasteiger partial charge is 0.378 e. The van der Waals surface area contributed by atoms with E-state index >= 15 is 0 Å². The van der Waals surface area contributed by atoms with E-state index in [9.17, 15) is 4.39 Å². The Morgan fingerprint density at radius 2 is 2.09 bits per heavy atom. The first kappa shape index (κ1) is 14.3. The summed E-state index contributed by atoms with van der Waals surface area (Å²) in [5, 5.41) is 0. The first-order valence-corrected chi connectivity index (χ1v) is 7.96. The Labute approximate surface area is 133 Å². The van der Waals surface area contributed by atoms with E-state index in [-0.39, 0.29) is 11.9 Å². The molecule has 4 nitrogen and oxygen atoms in total. The molecule has 3 heterocycles. The molecular weight excluding hydrogens is 293 g/mol. The first-order chi connectivity index (χ1) is 11.3. The van der Waals surface area contributed by atoms with Gasteiger partial charge in [0.1, 0.15) is 17.2 Å². The van der Waals surface area contributed by atoms with Crippen molar-refractivity contribution in [2.45, 2.75) is 31.9 Å². The number of aromatic nitrogens is 3. The fourth-order valence-corrected chi connectivity index (χ4v) is 3.11. The van der Waals surface area contributed by atoms with Gasteiger partial charge < -0.3 is 9.30 Å². The van der Waals surface area contributed by atoms with Gasteiger partial charge in [-0.05, 0) is 42.7 Å². The number of hydrogen-bond acceptors (Lipinski definition) is 3. The van der Waals surface area contributed by atoms with E-state index in [1.54, 1.807) is 18.3 Å². The minimum absolute atomic E-state index is 0.220. The molecule has 2 aromatic heterocycles. The fourth-order valence-electron chi connectivity index (χ4n) is 3.11. The highest BCUT2D eigenvalue weighted by molar-refractivity contribution is 5.71. The van der Waals surface area contributed by atoms with E-state index < -0.39 is 0 Å². The summed E-state index contributed by atoms with van der Waals surface area (Å²) in [4.78, 5) is 9.21. The lowest BCUT2D eigenvalue weighted by Gasteiger charge is -2.12. The summed E-state index contributed by atoms with van der Waals surface area (Å²) in [7, 11) is 0. The van der Waals surface area contributed by atoms with Gasteiger partial charge in [-0.1, -0.05) is 12.1 Å². The quantitative estimate of drug-likeness (QED) is 0.742. The van der Waals surface area contributed by atoms with Crippen LogP contribution in [0.2, 0.25) is 0 Å². The number of hydrogen-bond donors (Lipinski definition) is 0. The number of imidazole rings is 1. The van der Waals surface area contributed by atoms with Crippen molar-refractivity contribution >= 4 is 11.2 Å². The molecule has 0 saturated carbocycles. The van der Waals surface area contributed by atoms with Crippen molar-refractivity contribution in [3.8, 4) is 0 Å². The summed E-state index contributed by atoms with van der Waals surface area (Å²) < 4.78 is 21.0. The Morgan fingerprint density at radius 1 is 1.22 bits per heavy atom. The van der Waals surface area contributed by atoms with Crippen LogP contribution in [0.15, 0.2) is 42.6 Å². The lowest BCUT2D eigenvalue weighted by atomic mass is 10.1. The Bertz CT molecular complexity index is 807. The van der Waals surface area contributed by atoms with Crippen molar-refractivity contribution in [2.24, 2.45) is 0 Å². The average Bonchev–Trinajstić information content (AvgIpc) is 3.19. The Kier molecular flexibility index (Phi) is 3.79. The molecule has 1 fully saturated rings. The van der Waals surface area contributed by atoms with Crippen LogP contribution >= 0.6 is 0 Å². The molecule has 0 aliphatic carbocycles. The van der Waals surface area contributed by atoms with Crippen LogP contribution in [0.1, 0.15) is 24.2 Å². The fraction of sp³-hybridized carbons (Fsp3) is 0.333.